The Morgan fingerprint density at radius 2 is 0.714 bits per heavy atom. The van der Waals surface area contributed by atoms with Crippen LogP contribution in [-0.4, -0.2) is 205 Å². The van der Waals surface area contributed by atoms with Crippen molar-refractivity contribution in [2.24, 2.45) is 0 Å². The molecule has 35 heavy (non-hydrogen) atoms. The molecule has 0 heterocycles. The van der Waals surface area contributed by atoms with Gasteiger partial charge in [0.1, 0.15) is 17.3 Å². The number of hydrogen-bond acceptors (Lipinski definition) is 17. The van der Waals surface area contributed by atoms with Crippen molar-refractivity contribution in [2.45, 2.75) is 43.0 Å². The van der Waals surface area contributed by atoms with Crippen molar-refractivity contribution in [1.29, 1.82) is 0 Å². The van der Waals surface area contributed by atoms with Crippen molar-refractivity contribution < 1.29 is 84.9 Å². The van der Waals surface area contributed by atoms with Gasteiger partial charge in [0.15, 0.2) is 0 Å². The number of carboxylic acid groups (broad SMARTS) is 6. The first-order valence-corrected chi connectivity index (χ1v) is 7.93. The van der Waals surface area contributed by atoms with Crippen LogP contribution < -0.4 is 30.6 Å². The predicted octanol–water partition coefficient (Wildman–Crippen LogP) is -13.3. The number of aliphatic carboxylic acids is 6. The summed E-state index contributed by atoms with van der Waals surface area (Å²) in [5, 5.41) is 102. The molecule has 0 aromatic carbocycles. The van der Waals surface area contributed by atoms with Gasteiger partial charge in [0.2, 0.25) is 0 Å². The van der Waals surface area contributed by atoms with E-state index in [9.17, 15) is 59.4 Å². The summed E-state index contributed by atoms with van der Waals surface area (Å²) in [7, 11) is 0. The fraction of sp³-hybridized carbons (Fsp3) is 0.600. The third kappa shape index (κ3) is 27.3. The minimum Gasteiger partial charge on any atom is -0.550 e. The number of hydrogen-bond donors (Lipinski definition) is 5. The molecule has 0 saturated carbocycles. The molecule has 17 nitrogen and oxygen atoms in total. The summed E-state index contributed by atoms with van der Waals surface area (Å²) >= 11 is 0. The van der Waals surface area contributed by atoms with Crippen LogP contribution in [0, 0.1) is 0 Å². The van der Waals surface area contributed by atoms with E-state index in [0.29, 0.717) is 0 Å². The van der Waals surface area contributed by atoms with E-state index in [1.54, 1.807) is 0 Å². The van der Waals surface area contributed by atoms with Gasteiger partial charge in [-0.3, -0.25) is 0 Å². The number of aliphatic hydroxyl groups excluding tert-OH is 3. The molecule has 0 aliphatic rings. The fourth-order valence-corrected chi connectivity index (χ4v) is 1.43. The summed E-state index contributed by atoms with van der Waals surface area (Å²) in [4.78, 5) is 60.0. The van der Waals surface area contributed by atoms with Crippen LogP contribution in [0.15, 0.2) is 0 Å². The molecule has 0 radical (unpaired) electrons. The van der Waals surface area contributed by atoms with Crippen LogP contribution in [0.3, 0.4) is 0 Å². The molecule has 0 spiro atoms. The summed E-state index contributed by atoms with van der Waals surface area (Å²) in [6.07, 6.45) is -6.39. The van der Waals surface area contributed by atoms with Crippen LogP contribution in [0.5, 0.6) is 0 Å². The molecule has 0 unspecified atom stereocenters. The molecule has 186 valence electrons. The van der Waals surface area contributed by atoms with Gasteiger partial charge in [-0.05, 0) is 0 Å². The second-order valence-corrected chi connectivity index (χ2v) is 5.85. The van der Waals surface area contributed by atoms with E-state index >= 15 is 0 Å². The van der Waals surface area contributed by atoms with E-state index < -0.39 is 78.8 Å². The monoisotopic (exact) mass is 590 g/mol. The minimum atomic E-state index is -2.97. The van der Waals surface area contributed by atoms with E-state index in [0.717, 1.165) is 0 Å². The second-order valence-electron chi connectivity index (χ2n) is 5.85. The maximum absolute atomic E-state index is 10.1. The van der Waals surface area contributed by atoms with Crippen LogP contribution >= 0.6 is 0 Å². The third-order valence-corrected chi connectivity index (χ3v) is 2.93. The van der Waals surface area contributed by atoms with E-state index in [-0.39, 0.29) is 126 Å². The molecule has 20 heteroatoms. The Morgan fingerprint density at radius 1 is 0.543 bits per heavy atom. The van der Waals surface area contributed by atoms with E-state index in [1.165, 1.54) is 0 Å². The van der Waals surface area contributed by atoms with E-state index in [4.69, 9.17) is 25.5 Å². The number of carbonyl (C=O) groups excluding carboxylic acids is 6. The molecule has 0 bridgehead atoms. The Kier molecular flexibility index (Phi) is 34.2. The van der Waals surface area contributed by atoms with Gasteiger partial charge in [-0.2, -0.15) is 0 Å². The molecule has 0 aromatic rings. The van der Waals surface area contributed by atoms with Gasteiger partial charge < -0.3 is 84.9 Å². The van der Waals surface area contributed by atoms with Gasteiger partial charge in [0.05, 0.1) is 25.2 Å². The van der Waals surface area contributed by atoms with Crippen LogP contribution in [0.25, 0.3) is 0 Å². The smallest absolute Gasteiger partial charge is 0.550 e. The Bertz CT molecular complexity index is 596. The first kappa shape index (κ1) is 48.5. The van der Waals surface area contributed by atoms with Crippen molar-refractivity contribution >= 4 is 149 Å². The molecular formula is C15H18Ca3O17. The van der Waals surface area contributed by atoms with Gasteiger partial charge in [-0.15, -0.1) is 0 Å². The topological polar surface area (TPSA) is 342 Å². The van der Waals surface area contributed by atoms with Gasteiger partial charge >= 0.3 is 113 Å². The first-order chi connectivity index (χ1) is 14.4. The van der Waals surface area contributed by atoms with Crippen molar-refractivity contribution in [2.75, 3.05) is 13.2 Å². The number of carboxylic acids is 6. The van der Waals surface area contributed by atoms with Gasteiger partial charge in [-0.1, -0.05) is 0 Å². The van der Waals surface area contributed by atoms with Crippen LogP contribution in [0.4, 0.5) is 0 Å². The quantitative estimate of drug-likeness (QED) is 0.132. The summed E-state index contributed by atoms with van der Waals surface area (Å²) in [6, 6.07) is 0. The normalized spacial score (nSPS) is 9.77. The molecule has 0 aliphatic carbocycles. The second kappa shape index (κ2) is 24.7. The molecule has 5 N–H and O–H groups in total. The number of carbonyl (C=O) groups is 6. The van der Waals surface area contributed by atoms with Crippen LogP contribution in [0.2, 0.25) is 0 Å². The van der Waals surface area contributed by atoms with Crippen molar-refractivity contribution in [3.63, 3.8) is 0 Å². The van der Waals surface area contributed by atoms with E-state index in [1.807, 2.05) is 0 Å². The largest absolute Gasteiger partial charge is 2.00 e. The van der Waals surface area contributed by atoms with Crippen molar-refractivity contribution in [3.05, 3.63) is 0 Å². The average Bonchev–Trinajstić information content (AvgIpc) is 2.59. The van der Waals surface area contributed by atoms with E-state index in [2.05, 4.69) is 0 Å². The Labute approximate surface area is 286 Å². The standard InChI is InChI=1S/2C6H8O7.C3H8O3.3Ca/c2*7-3(8)1-6(13,5(11)12)2-4(9)10;4-1-3(6)2-5;;;/h2*13H,1-2H2,(H,7,8)(H,9,10)(H,11,12);3-6H,1-2H2;;;/q;;;3*+2/p-6. The van der Waals surface area contributed by atoms with Gasteiger partial charge in [0.25, 0.3) is 0 Å². The van der Waals surface area contributed by atoms with Crippen molar-refractivity contribution in [3.8, 4) is 0 Å². The SMILES string of the molecule is O=C([O-])CC(O)(CC(=O)[O-])C(=O)[O-].O=C([O-])CC(O)(CC(=O)[O-])C(=O)[O-].OCC(O)CO.[Ca+2].[Ca+2].[Ca+2]. The number of aliphatic hydroxyl groups is 5. The van der Waals surface area contributed by atoms with Gasteiger partial charge in [0, 0.05) is 49.6 Å². The summed E-state index contributed by atoms with van der Waals surface area (Å²) in [6.45, 7) is -0.729. The Balaban J connectivity index is -0.0000000916. The fourth-order valence-electron chi connectivity index (χ4n) is 1.43. The maximum Gasteiger partial charge on any atom is 2.00 e. The molecule has 0 rings (SSSR count). The van der Waals surface area contributed by atoms with Crippen LogP contribution in [0.1, 0.15) is 25.7 Å². The molecule has 0 atom stereocenters. The zero-order valence-corrected chi connectivity index (χ0v) is 24.7. The average molecular weight is 591 g/mol. The summed E-state index contributed by atoms with van der Waals surface area (Å²) < 4.78 is 0. The zero-order chi connectivity index (χ0) is 26.3. The first-order valence-electron chi connectivity index (χ1n) is 7.93. The third-order valence-electron chi connectivity index (χ3n) is 2.93. The summed E-state index contributed by atoms with van der Waals surface area (Å²) in [5.41, 5.74) is -5.95. The molecule has 0 aromatic heterocycles. The Hall–Kier alpha value is 0.399. The van der Waals surface area contributed by atoms with Crippen LogP contribution in [-0.2, 0) is 28.8 Å². The summed E-state index contributed by atoms with van der Waals surface area (Å²) in [5.74, 6) is -12.0. The molecule has 0 fully saturated rings. The number of rotatable bonds is 12. The predicted molar refractivity (Wildman–Crippen MR) is 95.9 cm³/mol. The molecule has 0 amide bonds. The van der Waals surface area contributed by atoms with Gasteiger partial charge in [-0.25, -0.2) is 0 Å². The Morgan fingerprint density at radius 3 is 0.771 bits per heavy atom. The molecule has 0 aliphatic heterocycles. The molecule has 0 saturated heterocycles. The maximum atomic E-state index is 10.1. The molecular weight excluding hydrogens is 572 g/mol. The van der Waals surface area contributed by atoms with Crippen molar-refractivity contribution in [1.82, 2.24) is 0 Å². The zero-order valence-electron chi connectivity index (χ0n) is 18.1. The minimum absolute atomic E-state index is 0.